The zero-order chi connectivity index (χ0) is 28.1. The smallest absolute Gasteiger partial charge is 0.348 e. The van der Waals surface area contributed by atoms with Crippen molar-refractivity contribution in [3.8, 4) is 34.5 Å². The van der Waals surface area contributed by atoms with Gasteiger partial charge in [0.1, 0.15) is 35.4 Å². The van der Waals surface area contributed by atoms with Gasteiger partial charge in [-0.15, -0.1) is 0 Å². The Morgan fingerprint density at radius 3 is 2.38 bits per heavy atom. The van der Waals surface area contributed by atoms with Gasteiger partial charge in [-0.25, -0.2) is 9.78 Å². The Bertz CT molecular complexity index is 1440. The maximum absolute atomic E-state index is 12.1. The lowest BCUT2D eigenvalue weighted by atomic mass is 10.00. The van der Waals surface area contributed by atoms with Gasteiger partial charge in [0.15, 0.2) is 0 Å². The molecule has 1 saturated carbocycles. The van der Waals surface area contributed by atoms with Gasteiger partial charge in [-0.2, -0.15) is 0 Å². The summed E-state index contributed by atoms with van der Waals surface area (Å²) in [5.41, 5.74) is 1.14. The highest BCUT2D eigenvalue weighted by atomic mass is 16.5. The molecule has 8 nitrogen and oxygen atoms in total. The van der Waals surface area contributed by atoms with Crippen molar-refractivity contribution in [2.45, 2.75) is 45.3 Å². The largest absolute Gasteiger partial charge is 0.497 e. The first-order chi connectivity index (χ1) is 19.4. The molecule has 0 aliphatic heterocycles. The fourth-order valence-electron chi connectivity index (χ4n) is 4.48. The molecule has 0 saturated heterocycles. The predicted octanol–water partition coefficient (Wildman–Crippen LogP) is 6.49. The third kappa shape index (κ3) is 6.22. The monoisotopic (exact) mass is 543 g/mol. The van der Waals surface area contributed by atoms with Crippen molar-refractivity contribution in [2.24, 2.45) is 5.92 Å². The van der Waals surface area contributed by atoms with Gasteiger partial charge in [-0.3, -0.25) is 0 Å². The molecule has 40 heavy (non-hydrogen) atoms. The molecule has 3 aromatic carbocycles. The molecule has 5 rings (SSSR count). The summed E-state index contributed by atoms with van der Waals surface area (Å²) in [6.45, 7) is 4.09. The van der Waals surface area contributed by atoms with Crippen molar-refractivity contribution in [1.29, 1.82) is 0 Å². The second-order valence-electron chi connectivity index (χ2n) is 10.0. The van der Waals surface area contributed by atoms with Crippen LogP contribution in [0, 0.1) is 12.8 Å². The normalized spacial score (nSPS) is 14.3. The predicted molar refractivity (Wildman–Crippen MR) is 149 cm³/mol. The first-order valence-corrected chi connectivity index (χ1v) is 13.3. The van der Waals surface area contributed by atoms with Crippen molar-refractivity contribution in [2.75, 3.05) is 13.7 Å². The number of carbonyl (C=O) groups is 1. The van der Waals surface area contributed by atoms with E-state index in [0.717, 1.165) is 35.6 Å². The summed E-state index contributed by atoms with van der Waals surface area (Å²) in [5, 5.41) is 9.92. The molecule has 1 unspecified atom stereocenters. The molecule has 8 heteroatoms. The SMILES string of the molecule is COc1ccc(OCc2cc(OCCc3nc(-c4ccccc4)oc3C)ccc2OC(C)(C(=O)O)C2CC2)cc1. The molecule has 1 heterocycles. The van der Waals surface area contributed by atoms with Crippen molar-refractivity contribution < 1.29 is 33.3 Å². The fraction of sp³-hybridized carbons (Fsp3) is 0.312. The molecule has 0 spiro atoms. The average molecular weight is 544 g/mol. The Balaban J connectivity index is 1.30. The lowest BCUT2D eigenvalue weighted by Crippen LogP contribution is -2.44. The Labute approximate surface area is 233 Å². The Hall–Kier alpha value is -4.46. The number of methoxy groups -OCH3 is 1. The van der Waals surface area contributed by atoms with Crippen molar-refractivity contribution in [1.82, 2.24) is 4.98 Å². The minimum absolute atomic E-state index is 0.0252. The minimum Gasteiger partial charge on any atom is -0.497 e. The van der Waals surface area contributed by atoms with Gasteiger partial charge in [0.2, 0.25) is 11.5 Å². The topological polar surface area (TPSA) is 100 Å². The molecular formula is C32H33NO7. The second kappa shape index (κ2) is 11.7. The molecule has 1 aliphatic carbocycles. The molecule has 1 N–H and O–H groups in total. The highest BCUT2D eigenvalue weighted by molar-refractivity contribution is 5.78. The lowest BCUT2D eigenvalue weighted by Gasteiger charge is -2.27. The maximum atomic E-state index is 12.1. The van der Waals surface area contributed by atoms with Crippen molar-refractivity contribution in [3.63, 3.8) is 0 Å². The number of aromatic nitrogens is 1. The maximum Gasteiger partial charge on any atom is 0.348 e. The second-order valence-corrected chi connectivity index (χ2v) is 10.0. The Morgan fingerprint density at radius 1 is 1.00 bits per heavy atom. The van der Waals surface area contributed by atoms with E-state index in [1.165, 1.54) is 0 Å². The van der Waals surface area contributed by atoms with Crippen LogP contribution in [-0.2, 0) is 17.8 Å². The summed E-state index contributed by atoms with van der Waals surface area (Å²) in [4.78, 5) is 16.8. The van der Waals surface area contributed by atoms with E-state index in [-0.39, 0.29) is 12.5 Å². The lowest BCUT2D eigenvalue weighted by molar-refractivity contribution is -0.155. The molecule has 1 aliphatic rings. The van der Waals surface area contributed by atoms with E-state index < -0.39 is 11.6 Å². The third-order valence-electron chi connectivity index (χ3n) is 7.11. The number of nitrogens with zero attached hydrogens (tertiary/aromatic N) is 1. The molecule has 0 radical (unpaired) electrons. The van der Waals surface area contributed by atoms with Crippen LogP contribution >= 0.6 is 0 Å². The van der Waals surface area contributed by atoms with Crippen molar-refractivity contribution >= 4 is 5.97 Å². The summed E-state index contributed by atoms with van der Waals surface area (Å²) in [5.74, 6) is 2.80. The van der Waals surface area contributed by atoms with Crippen LogP contribution in [0.3, 0.4) is 0 Å². The van der Waals surface area contributed by atoms with Gasteiger partial charge in [-0.05, 0) is 81.3 Å². The van der Waals surface area contributed by atoms with Gasteiger partial charge >= 0.3 is 5.97 Å². The van der Waals surface area contributed by atoms with E-state index >= 15 is 0 Å². The number of hydrogen-bond acceptors (Lipinski definition) is 7. The van der Waals surface area contributed by atoms with Gasteiger partial charge < -0.3 is 28.5 Å². The number of rotatable bonds is 13. The highest BCUT2D eigenvalue weighted by Gasteiger charge is 2.50. The van der Waals surface area contributed by atoms with E-state index in [1.807, 2.05) is 67.6 Å². The number of aliphatic carboxylic acids is 1. The van der Waals surface area contributed by atoms with E-state index in [1.54, 1.807) is 26.2 Å². The molecule has 1 aromatic heterocycles. The number of benzene rings is 3. The molecule has 1 fully saturated rings. The number of ether oxygens (including phenoxy) is 4. The van der Waals surface area contributed by atoms with Crippen LogP contribution in [0.5, 0.6) is 23.0 Å². The number of carboxylic acids is 1. The summed E-state index contributed by atoms with van der Waals surface area (Å²) >= 11 is 0. The van der Waals surface area contributed by atoms with Crippen LogP contribution in [-0.4, -0.2) is 35.4 Å². The van der Waals surface area contributed by atoms with Crippen LogP contribution < -0.4 is 18.9 Å². The quantitative estimate of drug-likeness (QED) is 0.204. The molecule has 0 amide bonds. The van der Waals surface area contributed by atoms with Gasteiger partial charge in [0.25, 0.3) is 0 Å². The van der Waals surface area contributed by atoms with Crippen LogP contribution in [0.4, 0.5) is 0 Å². The molecule has 4 aromatic rings. The van der Waals surface area contributed by atoms with E-state index in [2.05, 4.69) is 4.98 Å². The van der Waals surface area contributed by atoms with Crippen LogP contribution in [0.15, 0.2) is 77.2 Å². The minimum atomic E-state index is -1.31. The zero-order valence-corrected chi connectivity index (χ0v) is 22.9. The molecule has 0 bridgehead atoms. The van der Waals surface area contributed by atoms with Crippen molar-refractivity contribution in [3.05, 3.63) is 89.8 Å². The third-order valence-corrected chi connectivity index (χ3v) is 7.11. The summed E-state index contributed by atoms with van der Waals surface area (Å²) in [7, 11) is 1.61. The Morgan fingerprint density at radius 2 is 1.70 bits per heavy atom. The summed E-state index contributed by atoms with van der Waals surface area (Å²) < 4.78 is 29.3. The van der Waals surface area contributed by atoms with Crippen LogP contribution in [0.25, 0.3) is 11.5 Å². The Kier molecular flexibility index (Phi) is 7.96. The van der Waals surface area contributed by atoms with E-state index in [0.29, 0.717) is 41.7 Å². The summed E-state index contributed by atoms with van der Waals surface area (Å²) in [6, 6.07) is 22.4. The average Bonchev–Trinajstić information content (AvgIpc) is 3.77. The van der Waals surface area contributed by atoms with E-state index in [9.17, 15) is 9.90 Å². The fourth-order valence-corrected chi connectivity index (χ4v) is 4.48. The van der Waals surface area contributed by atoms with E-state index in [4.69, 9.17) is 23.4 Å². The van der Waals surface area contributed by atoms with Crippen LogP contribution in [0.2, 0.25) is 0 Å². The standard InChI is InChI=1S/C32H33NO7/c1-21-28(33-30(39-21)22-7-5-4-6-8-22)17-18-37-27-15-16-29(40-32(2,31(34)35)24-9-10-24)23(19-27)20-38-26-13-11-25(36-3)12-14-26/h4-8,11-16,19,24H,9-10,17-18,20H2,1-3H3,(H,34,35). The van der Waals surface area contributed by atoms with Gasteiger partial charge in [0, 0.05) is 23.5 Å². The molecular weight excluding hydrogens is 510 g/mol. The number of hydrogen-bond donors (Lipinski definition) is 1. The molecule has 208 valence electrons. The molecule has 1 atom stereocenters. The first-order valence-electron chi connectivity index (χ1n) is 13.3. The van der Waals surface area contributed by atoms with Gasteiger partial charge in [0.05, 0.1) is 19.4 Å². The van der Waals surface area contributed by atoms with Crippen LogP contribution in [0.1, 0.15) is 36.8 Å². The van der Waals surface area contributed by atoms with Gasteiger partial charge in [-0.1, -0.05) is 18.2 Å². The number of oxazole rings is 1. The number of carboxylic acid groups (broad SMARTS) is 1. The highest BCUT2D eigenvalue weighted by Crippen LogP contribution is 2.43. The first kappa shape index (κ1) is 27.1. The summed E-state index contributed by atoms with van der Waals surface area (Å²) in [6.07, 6.45) is 2.22. The zero-order valence-electron chi connectivity index (χ0n) is 22.9. The number of aryl methyl sites for hydroxylation is 1.